The maximum absolute atomic E-state index is 13.5. The number of fused-ring (bicyclic) bond motifs is 1. The van der Waals surface area contributed by atoms with E-state index in [0.29, 0.717) is 55.0 Å². The van der Waals surface area contributed by atoms with Gasteiger partial charge in [-0.2, -0.15) is 13.2 Å². The molecule has 1 aliphatic carbocycles. The number of amides is 2. The Hall–Kier alpha value is -3.33. The van der Waals surface area contributed by atoms with E-state index in [1.54, 1.807) is 23.1 Å². The van der Waals surface area contributed by atoms with Crippen LogP contribution in [-0.2, 0) is 17.5 Å². The molecule has 3 aliphatic heterocycles. The SMILES string of the molecule is C=C1CCC(N2Cc3cc(O[C@H]4CCCC[C@@H]4N4CC(c5ccccc5C(F)(F)F)C4)ccc3C2=O)C(=O)N1. The number of nitrogens with one attached hydrogen (secondary N) is 1. The first-order chi connectivity index (χ1) is 18.7. The van der Waals surface area contributed by atoms with Gasteiger partial charge in [0.25, 0.3) is 5.91 Å². The van der Waals surface area contributed by atoms with Crippen LogP contribution in [0.2, 0.25) is 0 Å². The predicted molar refractivity (Wildman–Crippen MR) is 139 cm³/mol. The molecule has 0 radical (unpaired) electrons. The van der Waals surface area contributed by atoms with Gasteiger partial charge in [0, 0.05) is 42.9 Å². The number of likely N-dealkylation sites (tertiary alicyclic amines) is 1. The third kappa shape index (κ3) is 4.93. The van der Waals surface area contributed by atoms with Crippen molar-refractivity contribution in [2.45, 2.75) is 75.4 Å². The first-order valence-corrected chi connectivity index (χ1v) is 13.7. The van der Waals surface area contributed by atoms with Crippen LogP contribution in [0.25, 0.3) is 0 Å². The second kappa shape index (κ2) is 10.0. The van der Waals surface area contributed by atoms with Crippen molar-refractivity contribution in [1.82, 2.24) is 15.1 Å². The van der Waals surface area contributed by atoms with Gasteiger partial charge in [-0.1, -0.05) is 31.2 Å². The number of carbonyl (C=O) groups excluding carboxylic acids is 2. The van der Waals surface area contributed by atoms with Crippen LogP contribution in [0, 0.1) is 0 Å². The number of hydrogen-bond acceptors (Lipinski definition) is 4. The highest BCUT2D eigenvalue weighted by molar-refractivity contribution is 6.01. The molecular weight excluding hydrogens is 507 g/mol. The van der Waals surface area contributed by atoms with Gasteiger partial charge in [0.05, 0.1) is 5.56 Å². The molecule has 39 heavy (non-hydrogen) atoms. The summed E-state index contributed by atoms with van der Waals surface area (Å²) in [5.41, 5.74) is 1.95. The van der Waals surface area contributed by atoms with Crippen molar-refractivity contribution in [3.63, 3.8) is 0 Å². The summed E-state index contributed by atoms with van der Waals surface area (Å²) in [7, 11) is 0. The van der Waals surface area contributed by atoms with Crippen molar-refractivity contribution in [3.8, 4) is 5.75 Å². The Morgan fingerprint density at radius 1 is 1.00 bits per heavy atom. The lowest BCUT2D eigenvalue weighted by Gasteiger charge is -2.49. The summed E-state index contributed by atoms with van der Waals surface area (Å²) >= 11 is 0. The Morgan fingerprint density at radius 3 is 2.54 bits per heavy atom. The molecule has 1 unspecified atom stereocenters. The van der Waals surface area contributed by atoms with Gasteiger partial charge in [-0.05, 0) is 67.5 Å². The molecule has 4 aliphatic rings. The molecule has 2 amide bonds. The lowest BCUT2D eigenvalue weighted by atomic mass is 9.83. The molecule has 0 spiro atoms. The predicted octanol–water partition coefficient (Wildman–Crippen LogP) is 5.24. The van der Waals surface area contributed by atoms with E-state index in [2.05, 4.69) is 16.8 Å². The zero-order chi connectivity index (χ0) is 27.3. The molecule has 6 nitrogen and oxygen atoms in total. The molecule has 9 heteroatoms. The van der Waals surface area contributed by atoms with E-state index in [1.807, 2.05) is 12.1 Å². The van der Waals surface area contributed by atoms with Crippen LogP contribution in [0.4, 0.5) is 13.2 Å². The van der Waals surface area contributed by atoms with E-state index in [0.717, 1.165) is 31.2 Å². The summed E-state index contributed by atoms with van der Waals surface area (Å²) in [6, 6.07) is 11.0. The number of benzene rings is 2. The van der Waals surface area contributed by atoms with Gasteiger partial charge in [0.2, 0.25) is 5.91 Å². The molecule has 0 bridgehead atoms. The van der Waals surface area contributed by atoms with Gasteiger partial charge in [-0.15, -0.1) is 0 Å². The van der Waals surface area contributed by atoms with Crippen LogP contribution in [0.1, 0.15) is 71.5 Å². The third-order valence-corrected chi connectivity index (χ3v) is 8.65. The number of hydrogen-bond donors (Lipinski definition) is 1. The fourth-order valence-electron chi connectivity index (χ4n) is 6.60. The van der Waals surface area contributed by atoms with Gasteiger partial charge in [-0.25, -0.2) is 0 Å². The lowest BCUT2D eigenvalue weighted by molar-refractivity contribution is -0.139. The number of carbonyl (C=O) groups is 2. The number of piperidine rings is 1. The van der Waals surface area contributed by atoms with Crippen LogP contribution < -0.4 is 10.1 Å². The molecule has 206 valence electrons. The Labute approximate surface area is 225 Å². The van der Waals surface area contributed by atoms with Gasteiger partial charge in [0.15, 0.2) is 0 Å². The smallest absolute Gasteiger partial charge is 0.416 e. The summed E-state index contributed by atoms with van der Waals surface area (Å²) in [5.74, 6) is 0.197. The molecule has 0 aromatic heterocycles. The number of rotatable bonds is 5. The minimum absolute atomic E-state index is 0.0704. The van der Waals surface area contributed by atoms with E-state index in [1.165, 1.54) is 12.1 Å². The minimum atomic E-state index is -4.35. The van der Waals surface area contributed by atoms with E-state index in [9.17, 15) is 22.8 Å². The topological polar surface area (TPSA) is 61.9 Å². The highest BCUT2D eigenvalue weighted by atomic mass is 19.4. The molecular formula is C30H32F3N3O3. The second-order valence-corrected chi connectivity index (χ2v) is 11.1. The molecule has 1 N–H and O–H groups in total. The molecule has 2 aromatic rings. The number of alkyl halides is 3. The van der Waals surface area contributed by atoms with Crippen LogP contribution >= 0.6 is 0 Å². The van der Waals surface area contributed by atoms with Crippen molar-refractivity contribution in [1.29, 1.82) is 0 Å². The minimum Gasteiger partial charge on any atom is -0.489 e. The van der Waals surface area contributed by atoms with Gasteiger partial charge in [-0.3, -0.25) is 14.5 Å². The molecule has 3 atom stereocenters. The molecule has 3 fully saturated rings. The zero-order valence-corrected chi connectivity index (χ0v) is 21.7. The average Bonchev–Trinajstić information content (AvgIpc) is 3.19. The Balaban J connectivity index is 1.12. The quantitative estimate of drug-likeness (QED) is 0.565. The van der Waals surface area contributed by atoms with E-state index in [4.69, 9.17) is 4.74 Å². The van der Waals surface area contributed by atoms with Crippen molar-refractivity contribution < 1.29 is 27.5 Å². The van der Waals surface area contributed by atoms with Gasteiger partial charge < -0.3 is 15.0 Å². The van der Waals surface area contributed by atoms with Gasteiger partial charge in [0.1, 0.15) is 17.9 Å². The molecule has 2 aromatic carbocycles. The maximum Gasteiger partial charge on any atom is 0.416 e. The van der Waals surface area contributed by atoms with Crippen molar-refractivity contribution >= 4 is 11.8 Å². The molecule has 3 heterocycles. The standard InChI is InChI=1S/C30H32F3N3O3/c1-18-10-13-26(28(37)34-18)36-17-19-14-21(11-12-23(19)29(36)38)39-27-9-5-4-8-25(27)35-15-20(16-35)22-6-2-3-7-24(22)30(31,32)33/h2-3,6-7,11-12,14,20,25-27H,1,4-5,8-10,13,15-17H2,(H,34,37)/t25-,26?,27-/m0/s1. The zero-order valence-electron chi connectivity index (χ0n) is 21.7. The van der Waals surface area contributed by atoms with Crippen molar-refractivity contribution in [2.24, 2.45) is 0 Å². The summed E-state index contributed by atoms with van der Waals surface area (Å²) in [5, 5.41) is 2.76. The molecule has 6 rings (SSSR count). The fraction of sp³-hybridized carbons (Fsp3) is 0.467. The summed E-state index contributed by atoms with van der Waals surface area (Å²) in [4.78, 5) is 29.4. The van der Waals surface area contributed by atoms with Gasteiger partial charge >= 0.3 is 6.18 Å². The lowest BCUT2D eigenvalue weighted by Crippen LogP contribution is -2.57. The highest BCUT2D eigenvalue weighted by Crippen LogP contribution is 2.41. The summed E-state index contributed by atoms with van der Waals surface area (Å²) in [6.45, 7) is 5.34. The number of nitrogens with zero attached hydrogens (tertiary/aromatic N) is 2. The fourth-order valence-corrected chi connectivity index (χ4v) is 6.60. The average molecular weight is 540 g/mol. The second-order valence-electron chi connectivity index (χ2n) is 11.1. The number of ether oxygens (including phenoxy) is 1. The number of halogens is 3. The monoisotopic (exact) mass is 539 g/mol. The van der Waals surface area contributed by atoms with Crippen LogP contribution in [0.5, 0.6) is 5.75 Å². The highest BCUT2D eigenvalue weighted by Gasteiger charge is 2.43. The van der Waals surface area contributed by atoms with Crippen molar-refractivity contribution in [3.05, 3.63) is 77.0 Å². The first-order valence-electron chi connectivity index (χ1n) is 13.7. The normalized spacial score (nSPS) is 26.3. The maximum atomic E-state index is 13.5. The molecule has 1 saturated carbocycles. The summed E-state index contributed by atoms with van der Waals surface area (Å²) < 4.78 is 47.1. The van der Waals surface area contributed by atoms with E-state index >= 15 is 0 Å². The van der Waals surface area contributed by atoms with E-state index < -0.39 is 17.8 Å². The van der Waals surface area contributed by atoms with E-state index in [-0.39, 0.29) is 29.9 Å². The largest absolute Gasteiger partial charge is 0.489 e. The van der Waals surface area contributed by atoms with Crippen molar-refractivity contribution in [2.75, 3.05) is 13.1 Å². The van der Waals surface area contributed by atoms with Crippen LogP contribution in [-0.4, -0.2) is 52.9 Å². The Morgan fingerprint density at radius 2 is 1.77 bits per heavy atom. The van der Waals surface area contributed by atoms with Crippen LogP contribution in [0.3, 0.4) is 0 Å². The third-order valence-electron chi connectivity index (χ3n) is 8.65. The number of allylic oxidation sites excluding steroid dienone is 1. The molecule has 2 saturated heterocycles. The first kappa shape index (κ1) is 25.9. The Bertz CT molecular complexity index is 1300. The Kier molecular flexibility index (Phi) is 6.65. The van der Waals surface area contributed by atoms with Crippen LogP contribution in [0.15, 0.2) is 54.7 Å². The summed E-state index contributed by atoms with van der Waals surface area (Å²) in [6.07, 6.45) is 0.696.